The maximum absolute atomic E-state index is 12.4. The minimum absolute atomic E-state index is 0.00488. The summed E-state index contributed by atoms with van der Waals surface area (Å²) in [5.74, 6) is 0.670. The molecule has 3 nitrogen and oxygen atoms in total. The SMILES string of the molecule is O=C1CC2(CCCCCC2)C(C2CCCC2)C(=O)N1. The van der Waals surface area contributed by atoms with Crippen LogP contribution in [0.1, 0.15) is 70.6 Å². The van der Waals surface area contributed by atoms with Gasteiger partial charge in [0.25, 0.3) is 0 Å². The molecule has 1 spiro atoms. The minimum Gasteiger partial charge on any atom is -0.296 e. The molecule has 1 aliphatic heterocycles. The Morgan fingerprint density at radius 2 is 1.53 bits per heavy atom. The summed E-state index contributed by atoms with van der Waals surface area (Å²) in [5.41, 5.74) is 0.00488. The molecule has 0 aromatic carbocycles. The van der Waals surface area contributed by atoms with Gasteiger partial charge in [0, 0.05) is 12.3 Å². The molecule has 0 radical (unpaired) electrons. The quantitative estimate of drug-likeness (QED) is 0.739. The van der Waals surface area contributed by atoms with Crippen molar-refractivity contribution in [3.05, 3.63) is 0 Å². The van der Waals surface area contributed by atoms with Crippen LogP contribution in [-0.4, -0.2) is 11.8 Å². The van der Waals surface area contributed by atoms with Crippen LogP contribution < -0.4 is 5.32 Å². The second-order valence-corrected chi connectivity index (χ2v) is 6.89. The molecular weight excluding hydrogens is 238 g/mol. The van der Waals surface area contributed by atoms with Crippen LogP contribution in [0.5, 0.6) is 0 Å². The standard InChI is InChI=1S/C16H25NO2/c18-13-11-16(9-5-1-2-6-10-16)14(15(19)17-13)12-7-3-4-8-12/h12,14H,1-11H2,(H,17,18,19). The van der Waals surface area contributed by atoms with Crippen LogP contribution in [-0.2, 0) is 9.59 Å². The molecule has 19 heavy (non-hydrogen) atoms. The van der Waals surface area contributed by atoms with E-state index < -0.39 is 0 Å². The summed E-state index contributed by atoms with van der Waals surface area (Å²) in [7, 11) is 0. The largest absolute Gasteiger partial charge is 0.296 e. The molecule has 3 fully saturated rings. The van der Waals surface area contributed by atoms with Crippen LogP contribution in [0.3, 0.4) is 0 Å². The number of piperidine rings is 1. The minimum atomic E-state index is -0.0267. The molecule has 1 atom stereocenters. The van der Waals surface area contributed by atoms with Crippen LogP contribution in [0.25, 0.3) is 0 Å². The number of hydrogen-bond acceptors (Lipinski definition) is 2. The zero-order valence-corrected chi connectivity index (χ0v) is 11.7. The van der Waals surface area contributed by atoms with Gasteiger partial charge >= 0.3 is 0 Å². The zero-order valence-electron chi connectivity index (χ0n) is 11.7. The average molecular weight is 263 g/mol. The van der Waals surface area contributed by atoms with E-state index in [2.05, 4.69) is 5.32 Å². The van der Waals surface area contributed by atoms with E-state index >= 15 is 0 Å². The van der Waals surface area contributed by atoms with Crippen molar-refractivity contribution in [2.75, 3.05) is 0 Å². The van der Waals surface area contributed by atoms with Crippen LogP contribution in [0.15, 0.2) is 0 Å². The Hall–Kier alpha value is -0.860. The number of imide groups is 1. The van der Waals surface area contributed by atoms with E-state index in [1.165, 1.54) is 51.4 Å². The van der Waals surface area contributed by atoms with Crippen LogP contribution >= 0.6 is 0 Å². The first-order valence-corrected chi connectivity index (χ1v) is 8.05. The topological polar surface area (TPSA) is 46.2 Å². The van der Waals surface area contributed by atoms with Crippen molar-refractivity contribution < 1.29 is 9.59 Å². The number of carbonyl (C=O) groups excluding carboxylic acids is 2. The van der Waals surface area contributed by atoms with Gasteiger partial charge in [-0.2, -0.15) is 0 Å². The van der Waals surface area contributed by atoms with Gasteiger partial charge in [-0.1, -0.05) is 38.5 Å². The van der Waals surface area contributed by atoms with E-state index in [-0.39, 0.29) is 23.1 Å². The van der Waals surface area contributed by atoms with Crippen LogP contribution in [0.4, 0.5) is 0 Å². The van der Waals surface area contributed by atoms with Crippen LogP contribution in [0, 0.1) is 17.3 Å². The van der Waals surface area contributed by atoms with Gasteiger partial charge in [0.05, 0.1) is 0 Å². The maximum atomic E-state index is 12.4. The van der Waals surface area contributed by atoms with Crippen molar-refractivity contribution >= 4 is 11.8 Å². The first kappa shape index (κ1) is 13.1. The van der Waals surface area contributed by atoms with E-state index in [1.54, 1.807) is 0 Å². The molecule has 3 heteroatoms. The average Bonchev–Trinajstić information content (AvgIpc) is 2.77. The van der Waals surface area contributed by atoms with E-state index in [0.717, 1.165) is 12.8 Å². The van der Waals surface area contributed by atoms with Gasteiger partial charge in [-0.25, -0.2) is 0 Å². The molecule has 2 amide bonds. The molecule has 1 heterocycles. The Morgan fingerprint density at radius 3 is 2.16 bits per heavy atom. The smallest absolute Gasteiger partial charge is 0.230 e. The first-order valence-electron chi connectivity index (χ1n) is 8.05. The number of rotatable bonds is 1. The fourth-order valence-corrected chi connectivity index (χ4v) is 4.89. The summed E-state index contributed by atoms with van der Waals surface area (Å²) in [6, 6.07) is 0. The van der Waals surface area contributed by atoms with E-state index in [4.69, 9.17) is 0 Å². The highest BCUT2D eigenvalue weighted by atomic mass is 16.2. The Bertz CT molecular complexity index is 363. The monoisotopic (exact) mass is 263 g/mol. The van der Waals surface area contributed by atoms with Crippen molar-refractivity contribution in [3.8, 4) is 0 Å². The molecule has 1 saturated heterocycles. The molecule has 1 N–H and O–H groups in total. The Balaban J connectivity index is 1.90. The summed E-state index contributed by atoms with van der Waals surface area (Å²) in [6.45, 7) is 0. The van der Waals surface area contributed by atoms with Crippen molar-refractivity contribution in [3.63, 3.8) is 0 Å². The van der Waals surface area contributed by atoms with E-state index in [9.17, 15) is 9.59 Å². The van der Waals surface area contributed by atoms with Crippen molar-refractivity contribution in [1.82, 2.24) is 5.32 Å². The zero-order chi connectivity index (χ0) is 13.3. The first-order chi connectivity index (χ1) is 9.21. The summed E-state index contributed by atoms with van der Waals surface area (Å²) < 4.78 is 0. The lowest BCUT2D eigenvalue weighted by Gasteiger charge is -2.45. The summed E-state index contributed by atoms with van der Waals surface area (Å²) in [4.78, 5) is 24.3. The molecular formula is C16H25NO2. The predicted octanol–water partition coefficient (Wildman–Crippen LogP) is 3.18. The third kappa shape index (κ3) is 2.44. The van der Waals surface area contributed by atoms with Crippen molar-refractivity contribution in [1.29, 1.82) is 0 Å². The molecule has 2 saturated carbocycles. The lowest BCUT2D eigenvalue weighted by Crippen LogP contribution is -2.54. The Kier molecular flexibility index (Phi) is 3.64. The summed E-state index contributed by atoms with van der Waals surface area (Å²) in [5, 5.41) is 2.62. The highest BCUT2D eigenvalue weighted by molar-refractivity contribution is 5.99. The third-order valence-corrected chi connectivity index (χ3v) is 5.69. The predicted molar refractivity (Wildman–Crippen MR) is 73.3 cm³/mol. The normalized spacial score (nSPS) is 32.3. The molecule has 0 bridgehead atoms. The van der Waals surface area contributed by atoms with Gasteiger partial charge in [0.15, 0.2) is 0 Å². The van der Waals surface area contributed by atoms with Crippen LogP contribution in [0.2, 0.25) is 0 Å². The number of amides is 2. The third-order valence-electron chi connectivity index (χ3n) is 5.69. The summed E-state index contributed by atoms with van der Waals surface area (Å²) >= 11 is 0. The molecule has 106 valence electrons. The fraction of sp³-hybridized carbons (Fsp3) is 0.875. The molecule has 1 unspecified atom stereocenters. The van der Waals surface area contributed by atoms with E-state index in [0.29, 0.717) is 12.3 Å². The summed E-state index contributed by atoms with van der Waals surface area (Å²) in [6.07, 6.45) is 12.6. The molecule has 3 rings (SSSR count). The second-order valence-electron chi connectivity index (χ2n) is 6.89. The molecule has 0 aromatic rings. The molecule has 0 aromatic heterocycles. The maximum Gasteiger partial charge on any atom is 0.230 e. The van der Waals surface area contributed by atoms with Gasteiger partial charge in [0.1, 0.15) is 0 Å². The van der Waals surface area contributed by atoms with Crippen molar-refractivity contribution in [2.45, 2.75) is 70.6 Å². The lowest BCUT2D eigenvalue weighted by molar-refractivity contribution is -0.147. The Labute approximate surface area is 115 Å². The molecule has 3 aliphatic rings. The number of carbonyl (C=O) groups is 2. The Morgan fingerprint density at radius 1 is 0.895 bits per heavy atom. The highest BCUT2D eigenvalue weighted by Crippen LogP contribution is 2.52. The van der Waals surface area contributed by atoms with Crippen molar-refractivity contribution in [2.24, 2.45) is 17.3 Å². The van der Waals surface area contributed by atoms with Gasteiger partial charge in [-0.05, 0) is 37.0 Å². The van der Waals surface area contributed by atoms with Gasteiger partial charge in [-0.3, -0.25) is 14.9 Å². The number of nitrogens with one attached hydrogen (secondary N) is 1. The van der Waals surface area contributed by atoms with E-state index in [1.807, 2.05) is 0 Å². The highest BCUT2D eigenvalue weighted by Gasteiger charge is 2.51. The molecule has 2 aliphatic carbocycles. The van der Waals surface area contributed by atoms with Gasteiger partial charge in [-0.15, -0.1) is 0 Å². The number of hydrogen-bond donors (Lipinski definition) is 1. The second kappa shape index (κ2) is 5.26. The fourth-order valence-electron chi connectivity index (χ4n) is 4.89. The lowest BCUT2D eigenvalue weighted by atomic mass is 9.61. The van der Waals surface area contributed by atoms with Gasteiger partial charge < -0.3 is 0 Å². The van der Waals surface area contributed by atoms with Gasteiger partial charge in [0.2, 0.25) is 11.8 Å².